The molecule has 0 bridgehead atoms. The first-order chi connectivity index (χ1) is 13.6. The molecule has 0 heterocycles. The molecule has 0 fully saturated rings. The molecule has 4 nitrogen and oxygen atoms in total. The SMILES string of the molecule is Cc1ccc2c(OC3=CC(NS(=O)(=O)CCCC(F)(F)F)=CCC3)cccc2c1. The molecule has 2 aromatic carbocycles. The minimum absolute atomic E-state index is 0.314. The van der Waals surface area contributed by atoms with Crippen LogP contribution < -0.4 is 9.46 Å². The number of halogens is 3. The molecule has 29 heavy (non-hydrogen) atoms. The van der Waals surface area contributed by atoms with E-state index in [1.807, 2.05) is 37.3 Å². The highest BCUT2D eigenvalue weighted by Gasteiger charge is 2.27. The number of allylic oxidation sites excluding steroid dienone is 3. The highest BCUT2D eigenvalue weighted by molar-refractivity contribution is 7.89. The van der Waals surface area contributed by atoms with Crippen LogP contribution >= 0.6 is 0 Å². The summed E-state index contributed by atoms with van der Waals surface area (Å²) in [5.41, 5.74) is 1.45. The Hall–Kier alpha value is -2.48. The summed E-state index contributed by atoms with van der Waals surface area (Å²) in [4.78, 5) is 0. The second-order valence-corrected chi connectivity index (χ2v) is 8.87. The van der Waals surface area contributed by atoms with Gasteiger partial charge in [0.1, 0.15) is 11.5 Å². The van der Waals surface area contributed by atoms with Crippen molar-refractivity contribution in [3.8, 4) is 5.75 Å². The summed E-state index contributed by atoms with van der Waals surface area (Å²) in [6, 6.07) is 11.7. The number of nitrogens with one attached hydrogen (secondary N) is 1. The third-order valence-corrected chi connectivity index (χ3v) is 5.83. The highest BCUT2D eigenvalue weighted by Crippen LogP contribution is 2.30. The van der Waals surface area contributed by atoms with E-state index >= 15 is 0 Å². The standard InChI is InChI=1S/C21H22F3NO3S/c1-15-9-10-19-16(13-15)5-2-8-20(19)28-18-7-3-6-17(14-18)25-29(26,27)12-4-11-21(22,23)24/h2,5-6,8-10,13-14,25H,3-4,7,11-12H2,1H3. The number of sulfonamides is 1. The predicted molar refractivity (Wildman–Crippen MR) is 107 cm³/mol. The Morgan fingerprint density at radius 3 is 2.72 bits per heavy atom. The smallest absolute Gasteiger partial charge is 0.389 e. The molecule has 0 unspecified atom stereocenters. The van der Waals surface area contributed by atoms with Crippen LogP contribution in [0.4, 0.5) is 13.2 Å². The molecule has 1 aliphatic rings. The summed E-state index contributed by atoms with van der Waals surface area (Å²) in [6.07, 6.45) is -1.53. The van der Waals surface area contributed by atoms with Crippen molar-refractivity contribution in [1.29, 1.82) is 0 Å². The molecule has 1 aliphatic carbocycles. The van der Waals surface area contributed by atoms with Gasteiger partial charge in [0, 0.05) is 30.0 Å². The average Bonchev–Trinajstić information content (AvgIpc) is 2.60. The van der Waals surface area contributed by atoms with Crippen molar-refractivity contribution in [2.75, 3.05) is 5.75 Å². The van der Waals surface area contributed by atoms with E-state index < -0.39 is 34.8 Å². The van der Waals surface area contributed by atoms with Gasteiger partial charge >= 0.3 is 6.18 Å². The summed E-state index contributed by atoms with van der Waals surface area (Å²) in [5.74, 6) is 0.674. The highest BCUT2D eigenvalue weighted by atomic mass is 32.2. The van der Waals surface area contributed by atoms with E-state index in [-0.39, 0.29) is 0 Å². The quantitative estimate of drug-likeness (QED) is 0.651. The van der Waals surface area contributed by atoms with Gasteiger partial charge in [0.05, 0.1) is 5.75 Å². The Kier molecular flexibility index (Phi) is 6.21. The molecular formula is C21H22F3NO3S. The second kappa shape index (κ2) is 8.49. The van der Waals surface area contributed by atoms with Crippen molar-refractivity contribution >= 4 is 20.8 Å². The maximum atomic E-state index is 12.2. The van der Waals surface area contributed by atoms with Gasteiger partial charge in [0.15, 0.2) is 0 Å². The molecule has 0 aromatic heterocycles. The van der Waals surface area contributed by atoms with Crippen LogP contribution in [-0.2, 0) is 10.0 Å². The van der Waals surface area contributed by atoms with Crippen molar-refractivity contribution in [2.24, 2.45) is 0 Å². The van der Waals surface area contributed by atoms with Gasteiger partial charge in [-0.15, -0.1) is 0 Å². The van der Waals surface area contributed by atoms with E-state index in [0.717, 1.165) is 16.3 Å². The van der Waals surface area contributed by atoms with Gasteiger partial charge in [-0.3, -0.25) is 4.72 Å². The first kappa shape index (κ1) is 21.2. The number of hydrogen-bond acceptors (Lipinski definition) is 3. The van der Waals surface area contributed by atoms with Crippen molar-refractivity contribution < 1.29 is 26.3 Å². The second-order valence-electron chi connectivity index (χ2n) is 7.03. The van der Waals surface area contributed by atoms with Crippen LogP contribution in [-0.4, -0.2) is 20.3 Å². The monoisotopic (exact) mass is 425 g/mol. The number of alkyl halides is 3. The molecular weight excluding hydrogens is 403 g/mol. The molecule has 1 N–H and O–H groups in total. The summed E-state index contributed by atoms with van der Waals surface area (Å²) in [7, 11) is -3.86. The zero-order valence-corrected chi connectivity index (χ0v) is 16.7. The van der Waals surface area contributed by atoms with Gasteiger partial charge in [-0.25, -0.2) is 8.42 Å². The lowest BCUT2D eigenvalue weighted by atomic mass is 10.1. The first-order valence-electron chi connectivity index (χ1n) is 9.26. The average molecular weight is 425 g/mol. The summed E-state index contributed by atoms with van der Waals surface area (Å²) < 4.78 is 69.2. The Morgan fingerprint density at radius 2 is 1.97 bits per heavy atom. The van der Waals surface area contributed by atoms with Crippen molar-refractivity contribution in [1.82, 2.24) is 4.72 Å². The normalized spacial score (nSPS) is 15.0. The Bertz CT molecular complexity index is 1060. The molecule has 0 radical (unpaired) electrons. The van der Waals surface area contributed by atoms with Crippen LogP contribution in [0.2, 0.25) is 0 Å². The zero-order chi connectivity index (χ0) is 21.1. The summed E-state index contributed by atoms with van der Waals surface area (Å²) in [6.45, 7) is 2.01. The van der Waals surface area contributed by atoms with Gasteiger partial charge in [-0.2, -0.15) is 13.2 Å². The van der Waals surface area contributed by atoms with Crippen LogP contribution in [0.5, 0.6) is 5.75 Å². The molecule has 8 heteroatoms. The Balaban J connectivity index is 1.69. The number of fused-ring (bicyclic) bond motifs is 1. The van der Waals surface area contributed by atoms with Crippen molar-refractivity contribution in [3.63, 3.8) is 0 Å². The molecule has 0 aliphatic heterocycles. The van der Waals surface area contributed by atoms with Crippen LogP contribution in [0.3, 0.4) is 0 Å². The minimum atomic E-state index is -4.36. The third-order valence-electron chi connectivity index (χ3n) is 4.46. The molecule has 3 rings (SSSR count). The van der Waals surface area contributed by atoms with Gasteiger partial charge in [0.2, 0.25) is 10.0 Å². The van der Waals surface area contributed by atoms with Crippen molar-refractivity contribution in [3.05, 3.63) is 65.6 Å². The largest absolute Gasteiger partial charge is 0.461 e. The van der Waals surface area contributed by atoms with E-state index in [9.17, 15) is 21.6 Å². The molecule has 0 amide bonds. The lowest BCUT2D eigenvalue weighted by molar-refractivity contribution is -0.134. The van der Waals surface area contributed by atoms with Crippen LogP contribution in [0.1, 0.15) is 31.2 Å². The lowest BCUT2D eigenvalue weighted by Crippen LogP contribution is -2.27. The van der Waals surface area contributed by atoms with Gasteiger partial charge in [-0.1, -0.05) is 42.0 Å². The third kappa shape index (κ3) is 6.25. The number of benzene rings is 2. The number of hydrogen-bond donors (Lipinski definition) is 1. The maximum absolute atomic E-state index is 12.2. The van der Waals surface area contributed by atoms with E-state index in [4.69, 9.17) is 4.74 Å². The first-order valence-corrected chi connectivity index (χ1v) is 10.9. The number of ether oxygens (including phenoxy) is 1. The molecule has 156 valence electrons. The fourth-order valence-corrected chi connectivity index (χ4v) is 4.25. The number of rotatable bonds is 7. The lowest BCUT2D eigenvalue weighted by Gasteiger charge is -2.17. The van der Waals surface area contributed by atoms with Crippen molar-refractivity contribution in [2.45, 2.75) is 38.8 Å². The van der Waals surface area contributed by atoms with Gasteiger partial charge in [-0.05, 0) is 31.2 Å². The molecule has 0 spiro atoms. The van der Waals surface area contributed by atoms with Gasteiger partial charge in [0.25, 0.3) is 0 Å². The Labute approximate surface area is 168 Å². The summed E-state index contributed by atoms with van der Waals surface area (Å²) >= 11 is 0. The van der Waals surface area contributed by atoms with E-state index in [1.54, 1.807) is 12.2 Å². The fraction of sp³-hybridized carbons (Fsp3) is 0.333. The fourth-order valence-electron chi connectivity index (χ4n) is 3.12. The molecule has 2 aromatic rings. The Morgan fingerprint density at radius 1 is 1.17 bits per heavy atom. The van der Waals surface area contributed by atoms with Crippen LogP contribution in [0, 0.1) is 6.92 Å². The van der Waals surface area contributed by atoms with E-state index in [1.165, 1.54) is 0 Å². The van der Waals surface area contributed by atoms with Crippen LogP contribution in [0.15, 0.2) is 60.0 Å². The zero-order valence-electron chi connectivity index (χ0n) is 15.9. The minimum Gasteiger partial charge on any atom is -0.461 e. The van der Waals surface area contributed by atoms with Gasteiger partial charge < -0.3 is 4.74 Å². The maximum Gasteiger partial charge on any atom is 0.389 e. The van der Waals surface area contributed by atoms with Crippen LogP contribution in [0.25, 0.3) is 10.8 Å². The molecule has 0 saturated heterocycles. The molecule has 0 atom stereocenters. The summed E-state index contributed by atoms with van der Waals surface area (Å²) in [5, 5.41) is 1.99. The van der Waals surface area contributed by atoms with E-state index in [2.05, 4.69) is 10.8 Å². The topological polar surface area (TPSA) is 55.4 Å². The predicted octanol–water partition coefficient (Wildman–Crippen LogP) is 5.35. The number of aryl methyl sites for hydroxylation is 1. The van der Waals surface area contributed by atoms with E-state index in [0.29, 0.717) is 30.0 Å². The molecule has 0 saturated carbocycles.